The van der Waals surface area contributed by atoms with Crippen LogP contribution in [0.5, 0.6) is 0 Å². The summed E-state index contributed by atoms with van der Waals surface area (Å²) in [6.07, 6.45) is 4.73. The molecule has 0 saturated carbocycles. The SMILES string of the molecule is CC(C)CCC1(c2ccccc2)N=C(N)N(CCCCNC(=O)[C@H](Cc2ccncc2)NC(=O)O)C1=O. The summed E-state index contributed by atoms with van der Waals surface area (Å²) in [6.45, 7) is 4.95. The first-order valence-electron chi connectivity index (χ1n) is 12.6. The van der Waals surface area contributed by atoms with Gasteiger partial charge in [-0.1, -0.05) is 44.2 Å². The zero-order valence-electron chi connectivity index (χ0n) is 21.4. The Morgan fingerprint density at radius 1 is 1.11 bits per heavy atom. The van der Waals surface area contributed by atoms with Gasteiger partial charge < -0.3 is 21.5 Å². The third-order valence-corrected chi connectivity index (χ3v) is 6.43. The first kappa shape index (κ1) is 27.6. The molecule has 2 aromatic rings. The topological polar surface area (TPSA) is 150 Å². The molecule has 0 aliphatic carbocycles. The van der Waals surface area contributed by atoms with Gasteiger partial charge in [0.15, 0.2) is 11.5 Å². The van der Waals surface area contributed by atoms with Crippen molar-refractivity contribution in [1.29, 1.82) is 0 Å². The Hall–Kier alpha value is -3.95. The van der Waals surface area contributed by atoms with E-state index in [1.54, 1.807) is 24.5 Å². The quantitative estimate of drug-likeness (QED) is 0.306. The number of carboxylic acid groups (broad SMARTS) is 1. The Morgan fingerprint density at radius 3 is 2.46 bits per heavy atom. The Kier molecular flexibility index (Phi) is 9.59. The van der Waals surface area contributed by atoms with Gasteiger partial charge in [-0.15, -0.1) is 0 Å². The fourth-order valence-corrected chi connectivity index (χ4v) is 4.40. The van der Waals surface area contributed by atoms with Crippen LogP contribution in [0.15, 0.2) is 59.9 Å². The number of pyridine rings is 1. The van der Waals surface area contributed by atoms with E-state index in [0.29, 0.717) is 38.3 Å². The Bertz CT molecular complexity index is 1090. The van der Waals surface area contributed by atoms with Gasteiger partial charge in [-0.25, -0.2) is 9.79 Å². The molecule has 1 aliphatic rings. The highest BCUT2D eigenvalue weighted by Crippen LogP contribution is 2.38. The minimum Gasteiger partial charge on any atom is -0.465 e. The van der Waals surface area contributed by atoms with Crippen molar-refractivity contribution in [2.45, 2.75) is 57.5 Å². The second-order valence-corrected chi connectivity index (χ2v) is 9.65. The summed E-state index contributed by atoms with van der Waals surface area (Å²) in [4.78, 5) is 47.5. The molecule has 2 heterocycles. The van der Waals surface area contributed by atoms with E-state index in [9.17, 15) is 14.4 Å². The molecule has 0 saturated heterocycles. The van der Waals surface area contributed by atoms with Crippen LogP contribution in [0.1, 0.15) is 50.7 Å². The lowest BCUT2D eigenvalue weighted by molar-refractivity contribution is -0.132. The van der Waals surface area contributed by atoms with Crippen molar-refractivity contribution in [3.63, 3.8) is 0 Å². The number of guanidine groups is 1. The van der Waals surface area contributed by atoms with Crippen LogP contribution < -0.4 is 16.4 Å². The van der Waals surface area contributed by atoms with Gasteiger partial charge in [-0.3, -0.25) is 19.5 Å². The van der Waals surface area contributed by atoms with Gasteiger partial charge in [-0.2, -0.15) is 0 Å². The lowest BCUT2D eigenvalue weighted by Gasteiger charge is -2.27. The van der Waals surface area contributed by atoms with Gasteiger partial charge >= 0.3 is 6.09 Å². The Labute approximate surface area is 217 Å². The van der Waals surface area contributed by atoms with Crippen molar-refractivity contribution < 1.29 is 19.5 Å². The molecule has 1 aromatic heterocycles. The summed E-state index contributed by atoms with van der Waals surface area (Å²) >= 11 is 0. The molecule has 3 amide bonds. The number of benzene rings is 1. The Morgan fingerprint density at radius 2 is 1.81 bits per heavy atom. The lowest BCUT2D eigenvalue weighted by Crippen LogP contribution is -2.48. The maximum atomic E-state index is 13.6. The minimum absolute atomic E-state index is 0.121. The van der Waals surface area contributed by atoms with Crippen LogP contribution in [0, 0.1) is 5.92 Å². The molecule has 37 heavy (non-hydrogen) atoms. The predicted octanol–water partition coefficient (Wildman–Crippen LogP) is 2.65. The molecule has 5 N–H and O–H groups in total. The van der Waals surface area contributed by atoms with Crippen molar-refractivity contribution in [3.05, 3.63) is 66.0 Å². The Balaban J connectivity index is 1.54. The largest absolute Gasteiger partial charge is 0.465 e. The number of rotatable bonds is 13. The van der Waals surface area contributed by atoms with Gasteiger partial charge in [0.05, 0.1) is 0 Å². The number of carbonyl (C=O) groups excluding carboxylic acids is 2. The standard InChI is InChI=1S/C27H36N6O4/c1-19(2)10-13-27(21-8-4-3-5-9-21)24(35)33(25(28)32-27)17-7-6-14-30-23(34)22(31-26(36)37)18-20-11-15-29-16-12-20/h3-5,8-9,11-12,15-16,19,22,31H,6-7,10,13-14,17-18H2,1-2H3,(H2,28,32)(H,30,34)(H,36,37)/t22-,27?/m0/s1. The summed E-state index contributed by atoms with van der Waals surface area (Å²) < 4.78 is 0. The smallest absolute Gasteiger partial charge is 0.405 e. The first-order chi connectivity index (χ1) is 17.7. The number of nitrogens with one attached hydrogen (secondary N) is 2. The number of nitrogens with zero attached hydrogens (tertiary/aromatic N) is 3. The first-order valence-corrected chi connectivity index (χ1v) is 12.6. The van der Waals surface area contributed by atoms with Gasteiger partial charge in [0, 0.05) is 31.9 Å². The highest BCUT2D eigenvalue weighted by Gasteiger charge is 2.48. The van der Waals surface area contributed by atoms with Gasteiger partial charge in [-0.05, 0) is 54.9 Å². The van der Waals surface area contributed by atoms with Crippen LogP contribution in [0.4, 0.5) is 4.79 Å². The molecule has 1 aromatic carbocycles. The molecule has 10 heteroatoms. The molecule has 10 nitrogen and oxygen atoms in total. The van der Waals surface area contributed by atoms with E-state index < -0.39 is 23.6 Å². The van der Waals surface area contributed by atoms with E-state index in [2.05, 4.69) is 34.5 Å². The van der Waals surface area contributed by atoms with E-state index >= 15 is 0 Å². The van der Waals surface area contributed by atoms with Crippen molar-refractivity contribution >= 4 is 23.9 Å². The fraction of sp³-hybridized carbons (Fsp3) is 0.444. The normalized spacial score (nSPS) is 18.0. The molecule has 0 spiro atoms. The molecule has 0 fully saturated rings. The third-order valence-electron chi connectivity index (χ3n) is 6.43. The highest BCUT2D eigenvalue weighted by atomic mass is 16.4. The molecular formula is C27H36N6O4. The molecular weight excluding hydrogens is 472 g/mol. The summed E-state index contributed by atoms with van der Waals surface area (Å²) in [7, 11) is 0. The van der Waals surface area contributed by atoms with Crippen LogP contribution >= 0.6 is 0 Å². The lowest BCUT2D eigenvalue weighted by atomic mass is 9.83. The highest BCUT2D eigenvalue weighted by molar-refractivity contribution is 6.07. The molecule has 3 rings (SSSR count). The molecule has 0 radical (unpaired) electrons. The van der Waals surface area contributed by atoms with Crippen molar-refractivity contribution in [3.8, 4) is 0 Å². The minimum atomic E-state index is -1.27. The number of nitrogens with two attached hydrogens (primary N) is 1. The van der Waals surface area contributed by atoms with E-state index in [0.717, 1.165) is 17.5 Å². The fourth-order valence-electron chi connectivity index (χ4n) is 4.40. The molecule has 2 atom stereocenters. The van der Waals surface area contributed by atoms with Gasteiger partial charge in [0.2, 0.25) is 5.91 Å². The van der Waals surface area contributed by atoms with E-state index in [4.69, 9.17) is 10.8 Å². The zero-order valence-corrected chi connectivity index (χ0v) is 21.4. The number of unbranched alkanes of at least 4 members (excludes halogenated alkanes) is 1. The molecule has 198 valence electrons. The average molecular weight is 509 g/mol. The molecule has 1 aliphatic heterocycles. The molecule has 1 unspecified atom stereocenters. The number of hydrogen-bond acceptors (Lipinski definition) is 6. The summed E-state index contributed by atoms with van der Waals surface area (Å²) in [5.41, 5.74) is 6.86. The molecule has 0 bridgehead atoms. The number of aliphatic imine (C=N–C) groups is 1. The van der Waals surface area contributed by atoms with E-state index in [1.807, 2.05) is 30.3 Å². The number of hydrogen-bond donors (Lipinski definition) is 4. The average Bonchev–Trinajstić information content (AvgIpc) is 3.12. The van der Waals surface area contributed by atoms with Crippen LogP contribution in [0.3, 0.4) is 0 Å². The summed E-state index contributed by atoms with van der Waals surface area (Å²) in [5, 5.41) is 14.2. The van der Waals surface area contributed by atoms with Crippen LogP contribution in [0.25, 0.3) is 0 Å². The van der Waals surface area contributed by atoms with Crippen LogP contribution in [-0.2, 0) is 21.5 Å². The summed E-state index contributed by atoms with van der Waals surface area (Å²) in [5.74, 6) is 0.100. The summed E-state index contributed by atoms with van der Waals surface area (Å²) in [6, 6.07) is 12.1. The number of aromatic nitrogens is 1. The second-order valence-electron chi connectivity index (χ2n) is 9.65. The number of amides is 3. The number of carbonyl (C=O) groups is 3. The third kappa shape index (κ3) is 7.28. The maximum Gasteiger partial charge on any atom is 0.405 e. The monoisotopic (exact) mass is 508 g/mol. The maximum absolute atomic E-state index is 13.6. The van der Waals surface area contributed by atoms with Crippen LogP contribution in [0.2, 0.25) is 0 Å². The van der Waals surface area contributed by atoms with Gasteiger partial charge in [0.25, 0.3) is 5.91 Å². The van der Waals surface area contributed by atoms with E-state index in [-0.39, 0.29) is 18.3 Å². The van der Waals surface area contributed by atoms with Gasteiger partial charge in [0.1, 0.15) is 6.04 Å². The second kappa shape index (κ2) is 12.8. The zero-order chi connectivity index (χ0) is 26.8. The van der Waals surface area contributed by atoms with Crippen molar-refractivity contribution in [1.82, 2.24) is 20.5 Å². The van der Waals surface area contributed by atoms with E-state index in [1.165, 1.54) is 4.90 Å². The predicted molar refractivity (Wildman–Crippen MR) is 141 cm³/mol. The van der Waals surface area contributed by atoms with Crippen molar-refractivity contribution in [2.75, 3.05) is 13.1 Å². The van der Waals surface area contributed by atoms with Crippen molar-refractivity contribution in [2.24, 2.45) is 16.6 Å². The van der Waals surface area contributed by atoms with Crippen LogP contribution in [-0.4, -0.2) is 58.0 Å².